The summed E-state index contributed by atoms with van der Waals surface area (Å²) in [7, 11) is 0. The number of benzene rings is 2. The van der Waals surface area contributed by atoms with Crippen molar-refractivity contribution in [2.75, 3.05) is 6.61 Å². The Labute approximate surface area is 216 Å². The highest BCUT2D eigenvalue weighted by Gasteiger charge is 2.26. The molecule has 1 atom stereocenters. The van der Waals surface area contributed by atoms with E-state index in [2.05, 4.69) is 15.0 Å². The summed E-state index contributed by atoms with van der Waals surface area (Å²) in [6.45, 7) is -1.14. The maximum absolute atomic E-state index is 14.0. The van der Waals surface area contributed by atoms with Crippen molar-refractivity contribution in [3.8, 4) is 23.0 Å². The Bertz CT molecular complexity index is 1220. The molecule has 1 aliphatic carbocycles. The summed E-state index contributed by atoms with van der Waals surface area (Å²) in [5.74, 6) is -0.654. The molecule has 1 aliphatic rings. The first kappa shape index (κ1) is 27.6. The van der Waals surface area contributed by atoms with Gasteiger partial charge in [-0.3, -0.25) is 4.79 Å². The molecule has 1 aromatic heterocycles. The molecule has 4 rings (SSSR count). The number of nitrogens with zero attached hydrogens (tertiary/aromatic N) is 1. The normalized spacial score (nSPS) is 13.8. The summed E-state index contributed by atoms with van der Waals surface area (Å²) in [6, 6.07) is 7.68. The molecule has 36 heavy (non-hydrogen) atoms. The Morgan fingerprint density at radius 2 is 2.00 bits per heavy atom. The summed E-state index contributed by atoms with van der Waals surface area (Å²) in [5, 5.41) is 2.83. The molecular weight excluding hydrogens is 522 g/mol. The van der Waals surface area contributed by atoms with Gasteiger partial charge in [-0.05, 0) is 56.0 Å². The number of hydrogen-bond donors (Lipinski definition) is 2. The van der Waals surface area contributed by atoms with E-state index in [1.165, 1.54) is 30.3 Å². The van der Waals surface area contributed by atoms with Crippen LogP contribution in [-0.4, -0.2) is 24.1 Å². The molecule has 2 aromatic carbocycles. The number of ether oxygens (including phenoxy) is 2. The number of rotatable bonds is 10. The van der Waals surface area contributed by atoms with Gasteiger partial charge in [0.25, 0.3) is 5.91 Å². The van der Waals surface area contributed by atoms with Gasteiger partial charge in [0.2, 0.25) is 5.89 Å². The van der Waals surface area contributed by atoms with Crippen molar-refractivity contribution in [2.24, 2.45) is 11.7 Å². The predicted octanol–water partition coefficient (Wildman–Crippen LogP) is 5.90. The Morgan fingerprint density at radius 3 is 2.64 bits per heavy atom. The fraction of sp³-hybridized carbons (Fsp3) is 0.333. The molecule has 7 nitrogen and oxygen atoms in total. The van der Waals surface area contributed by atoms with E-state index in [0.29, 0.717) is 18.1 Å². The van der Waals surface area contributed by atoms with E-state index in [4.69, 9.17) is 26.5 Å². The van der Waals surface area contributed by atoms with Crippen LogP contribution < -0.4 is 20.5 Å². The number of oxazole rings is 1. The minimum Gasteiger partial charge on any atom is -0.489 e. The van der Waals surface area contributed by atoms with E-state index >= 15 is 0 Å². The number of carbonyl (C=O) groups is 1. The van der Waals surface area contributed by atoms with Gasteiger partial charge in [-0.2, -0.15) is 8.78 Å². The minimum absolute atomic E-state index is 0. The Kier molecular flexibility index (Phi) is 9.10. The summed E-state index contributed by atoms with van der Waals surface area (Å²) in [5.41, 5.74) is 6.51. The van der Waals surface area contributed by atoms with Crippen LogP contribution in [0.3, 0.4) is 0 Å². The van der Waals surface area contributed by atoms with Crippen molar-refractivity contribution in [1.82, 2.24) is 10.3 Å². The summed E-state index contributed by atoms with van der Waals surface area (Å²) in [4.78, 5) is 17.1. The standard InChI is InChI=1S/C24H23ClF3N3O4.ClH/c1-12(29)21-20(22(32)30-10-15-4-6-16(25)9-17(15)26)31-23(35-21)14-5-7-18(34-24(27)28)19(8-14)33-11-13-2-3-13;/h4-9,12-13,24H,2-3,10-11,29H2,1H3,(H,30,32);1H/t12-;/m0./s1. The molecule has 0 bridgehead atoms. The van der Waals surface area contributed by atoms with E-state index in [1.54, 1.807) is 6.92 Å². The SMILES string of the molecule is C[C@H](N)c1oc(-c2ccc(OC(F)F)c(OCC3CC3)c2)nc1C(=O)NCc1ccc(Cl)cc1F.Cl. The van der Waals surface area contributed by atoms with Crippen molar-refractivity contribution in [3.05, 3.63) is 64.3 Å². The van der Waals surface area contributed by atoms with Gasteiger partial charge in [-0.25, -0.2) is 9.37 Å². The van der Waals surface area contributed by atoms with E-state index in [9.17, 15) is 18.0 Å². The number of halogens is 5. The van der Waals surface area contributed by atoms with Crippen LogP contribution in [-0.2, 0) is 6.54 Å². The number of amides is 1. The summed E-state index contributed by atoms with van der Waals surface area (Å²) >= 11 is 5.76. The molecule has 0 spiro atoms. The maximum atomic E-state index is 14.0. The quantitative estimate of drug-likeness (QED) is 0.329. The summed E-state index contributed by atoms with van der Waals surface area (Å²) < 4.78 is 55.7. The molecular formula is C24H24Cl2F3N3O4. The smallest absolute Gasteiger partial charge is 0.387 e. The van der Waals surface area contributed by atoms with E-state index in [-0.39, 0.29) is 58.4 Å². The Hall–Kier alpha value is -2.95. The van der Waals surface area contributed by atoms with Crippen LogP contribution in [0.25, 0.3) is 11.5 Å². The first-order valence-corrected chi connectivity index (χ1v) is 11.3. The molecule has 12 heteroatoms. The van der Waals surface area contributed by atoms with Crippen molar-refractivity contribution >= 4 is 29.9 Å². The second kappa shape index (κ2) is 11.9. The molecule has 3 N–H and O–H groups in total. The van der Waals surface area contributed by atoms with Crippen molar-refractivity contribution < 1.29 is 31.9 Å². The van der Waals surface area contributed by atoms with Crippen molar-refractivity contribution in [1.29, 1.82) is 0 Å². The second-order valence-corrected chi connectivity index (χ2v) is 8.67. The zero-order chi connectivity index (χ0) is 25.1. The van der Waals surface area contributed by atoms with Gasteiger partial charge < -0.3 is 24.9 Å². The monoisotopic (exact) mass is 545 g/mol. The first-order valence-electron chi connectivity index (χ1n) is 10.9. The highest BCUT2D eigenvalue weighted by atomic mass is 35.5. The fourth-order valence-electron chi connectivity index (χ4n) is 3.29. The molecule has 1 amide bonds. The molecule has 3 aromatic rings. The van der Waals surface area contributed by atoms with Crippen LogP contribution in [0, 0.1) is 11.7 Å². The number of aromatic nitrogens is 1. The number of nitrogens with one attached hydrogen (secondary N) is 1. The average Bonchev–Trinajstić information content (AvgIpc) is 3.52. The molecule has 1 heterocycles. The lowest BCUT2D eigenvalue weighted by Gasteiger charge is -2.12. The van der Waals surface area contributed by atoms with Gasteiger partial charge in [0, 0.05) is 22.7 Å². The topological polar surface area (TPSA) is 99.6 Å². The molecule has 0 saturated heterocycles. The van der Waals surface area contributed by atoms with Crippen molar-refractivity contribution in [2.45, 2.75) is 39.0 Å². The zero-order valence-electron chi connectivity index (χ0n) is 19.1. The maximum Gasteiger partial charge on any atom is 0.387 e. The molecule has 194 valence electrons. The lowest BCUT2D eigenvalue weighted by Crippen LogP contribution is -2.25. The number of carbonyl (C=O) groups excluding carboxylic acids is 1. The van der Waals surface area contributed by atoms with Crippen LogP contribution in [0.2, 0.25) is 5.02 Å². The Morgan fingerprint density at radius 1 is 1.25 bits per heavy atom. The predicted molar refractivity (Wildman–Crippen MR) is 129 cm³/mol. The van der Waals surface area contributed by atoms with Crippen LogP contribution >= 0.6 is 24.0 Å². The van der Waals surface area contributed by atoms with Gasteiger partial charge in [0.1, 0.15) is 5.82 Å². The third-order valence-electron chi connectivity index (χ3n) is 5.31. The largest absolute Gasteiger partial charge is 0.489 e. The number of alkyl halides is 2. The van der Waals surface area contributed by atoms with Gasteiger partial charge in [-0.1, -0.05) is 17.7 Å². The molecule has 1 saturated carbocycles. The Balaban J connectivity index is 0.00000361. The van der Waals surface area contributed by atoms with Gasteiger partial charge in [0.05, 0.1) is 12.6 Å². The van der Waals surface area contributed by atoms with E-state index in [0.717, 1.165) is 18.9 Å². The summed E-state index contributed by atoms with van der Waals surface area (Å²) in [6.07, 6.45) is 2.03. The van der Waals surface area contributed by atoms with Crippen molar-refractivity contribution in [3.63, 3.8) is 0 Å². The van der Waals surface area contributed by atoms with Crippen LogP contribution in [0.1, 0.15) is 47.6 Å². The van der Waals surface area contributed by atoms with E-state index < -0.39 is 24.4 Å². The zero-order valence-corrected chi connectivity index (χ0v) is 20.7. The fourth-order valence-corrected chi connectivity index (χ4v) is 3.45. The lowest BCUT2D eigenvalue weighted by molar-refractivity contribution is -0.0515. The van der Waals surface area contributed by atoms with Gasteiger partial charge in [0.15, 0.2) is 23.0 Å². The lowest BCUT2D eigenvalue weighted by atomic mass is 10.2. The third-order valence-corrected chi connectivity index (χ3v) is 5.55. The molecule has 0 unspecified atom stereocenters. The number of hydrogen-bond acceptors (Lipinski definition) is 6. The van der Waals surface area contributed by atoms with Gasteiger partial charge in [-0.15, -0.1) is 12.4 Å². The minimum atomic E-state index is -3.02. The highest BCUT2D eigenvalue weighted by Crippen LogP contribution is 2.37. The van der Waals surface area contributed by atoms with Crippen LogP contribution in [0.4, 0.5) is 13.2 Å². The number of nitrogens with two attached hydrogens (primary N) is 1. The van der Waals surface area contributed by atoms with Crippen LogP contribution in [0.15, 0.2) is 40.8 Å². The molecule has 0 aliphatic heterocycles. The second-order valence-electron chi connectivity index (χ2n) is 8.23. The van der Waals surface area contributed by atoms with E-state index in [1.807, 2.05) is 0 Å². The average molecular weight is 546 g/mol. The highest BCUT2D eigenvalue weighted by molar-refractivity contribution is 6.30. The molecule has 1 fully saturated rings. The van der Waals surface area contributed by atoms with Crippen LogP contribution in [0.5, 0.6) is 11.5 Å². The molecule has 0 radical (unpaired) electrons. The van der Waals surface area contributed by atoms with Gasteiger partial charge >= 0.3 is 6.61 Å². The first-order chi connectivity index (χ1) is 16.7. The third kappa shape index (κ3) is 6.83.